The van der Waals surface area contributed by atoms with Gasteiger partial charge in [-0.1, -0.05) is 66.7 Å². The molecule has 0 radical (unpaired) electrons. The van der Waals surface area contributed by atoms with E-state index in [0.29, 0.717) is 16.9 Å². The van der Waals surface area contributed by atoms with Crippen LogP contribution in [0.15, 0.2) is 18.2 Å². The van der Waals surface area contributed by atoms with Crippen molar-refractivity contribution in [2.24, 2.45) is 5.41 Å². The molecule has 1 rings (SSSR count). The monoisotopic (exact) mass is 320 g/mol. The summed E-state index contributed by atoms with van der Waals surface area (Å²) in [7, 11) is 0. The lowest BCUT2D eigenvalue weighted by molar-refractivity contribution is -0.126. The van der Waals surface area contributed by atoms with E-state index in [2.05, 4.69) is 56.5 Å². The van der Waals surface area contributed by atoms with Crippen LogP contribution in [0, 0.1) is 5.41 Å². The Morgan fingerprint density at radius 2 is 1.50 bits per heavy atom. The standard InChI is InChI=1S/C18H28N2OS/c1-11(2)13-9-8-10-14(12(3)4)15(13)19-17(22)20-16(21)18(5,6)7/h8-12H,1-7H3,(H2,19,20,21,22). The van der Waals surface area contributed by atoms with Gasteiger partial charge in [0, 0.05) is 11.1 Å². The molecule has 0 atom stereocenters. The fourth-order valence-corrected chi connectivity index (χ4v) is 2.33. The molecular weight excluding hydrogens is 292 g/mol. The van der Waals surface area contributed by atoms with Crippen molar-refractivity contribution in [2.45, 2.75) is 60.3 Å². The molecule has 0 aliphatic heterocycles. The lowest BCUT2D eigenvalue weighted by atomic mass is 9.92. The molecule has 0 spiro atoms. The molecule has 0 aromatic heterocycles. The lowest BCUT2D eigenvalue weighted by Crippen LogP contribution is -2.41. The summed E-state index contributed by atoms with van der Waals surface area (Å²) in [6.45, 7) is 14.2. The van der Waals surface area contributed by atoms with Gasteiger partial charge in [-0.2, -0.15) is 0 Å². The van der Waals surface area contributed by atoms with Gasteiger partial charge in [-0.3, -0.25) is 4.79 Å². The molecule has 0 aliphatic rings. The van der Waals surface area contributed by atoms with E-state index in [9.17, 15) is 4.79 Å². The van der Waals surface area contributed by atoms with Gasteiger partial charge in [0.15, 0.2) is 5.11 Å². The first-order valence-corrected chi connectivity index (χ1v) is 8.20. The first-order valence-electron chi connectivity index (χ1n) is 7.79. The Morgan fingerprint density at radius 1 is 1.05 bits per heavy atom. The maximum atomic E-state index is 12.1. The highest BCUT2D eigenvalue weighted by Crippen LogP contribution is 2.32. The van der Waals surface area contributed by atoms with Crippen LogP contribution in [0.2, 0.25) is 0 Å². The number of rotatable bonds is 3. The average Bonchev–Trinajstić information content (AvgIpc) is 2.36. The van der Waals surface area contributed by atoms with Crippen LogP contribution in [-0.2, 0) is 4.79 Å². The number of hydrogen-bond donors (Lipinski definition) is 2. The average molecular weight is 321 g/mol. The number of anilines is 1. The van der Waals surface area contributed by atoms with E-state index in [0.717, 1.165) is 5.69 Å². The van der Waals surface area contributed by atoms with Gasteiger partial charge in [-0.05, 0) is 35.2 Å². The Hall–Kier alpha value is -1.42. The molecule has 2 N–H and O–H groups in total. The zero-order valence-electron chi connectivity index (χ0n) is 14.7. The summed E-state index contributed by atoms with van der Waals surface area (Å²) in [5, 5.41) is 6.38. The summed E-state index contributed by atoms with van der Waals surface area (Å²) in [6.07, 6.45) is 0. The van der Waals surface area contributed by atoms with Crippen molar-refractivity contribution in [3.05, 3.63) is 29.3 Å². The second-order valence-electron chi connectivity index (χ2n) is 7.28. The third kappa shape index (κ3) is 4.80. The molecule has 0 saturated carbocycles. The maximum Gasteiger partial charge on any atom is 0.231 e. The summed E-state index contributed by atoms with van der Waals surface area (Å²) in [4.78, 5) is 12.1. The van der Waals surface area contributed by atoms with Gasteiger partial charge < -0.3 is 10.6 Å². The van der Waals surface area contributed by atoms with Crippen LogP contribution in [0.25, 0.3) is 0 Å². The van der Waals surface area contributed by atoms with Crippen LogP contribution in [-0.4, -0.2) is 11.0 Å². The van der Waals surface area contributed by atoms with Gasteiger partial charge in [0.25, 0.3) is 0 Å². The number of carbonyl (C=O) groups is 1. The van der Waals surface area contributed by atoms with Crippen molar-refractivity contribution in [1.29, 1.82) is 0 Å². The third-order valence-electron chi connectivity index (χ3n) is 3.52. The molecular formula is C18H28N2OS. The summed E-state index contributed by atoms with van der Waals surface area (Å²) >= 11 is 5.33. The molecule has 1 amide bonds. The first kappa shape index (κ1) is 18.6. The Kier molecular flexibility index (Phi) is 6.12. The number of amides is 1. The molecule has 22 heavy (non-hydrogen) atoms. The molecule has 3 nitrogen and oxygen atoms in total. The molecule has 1 aromatic carbocycles. The normalized spacial score (nSPS) is 11.7. The summed E-state index contributed by atoms with van der Waals surface area (Å²) in [5.74, 6) is 0.669. The largest absolute Gasteiger partial charge is 0.332 e. The van der Waals surface area contributed by atoms with E-state index in [1.54, 1.807) is 0 Å². The van der Waals surface area contributed by atoms with E-state index in [4.69, 9.17) is 12.2 Å². The summed E-state index contributed by atoms with van der Waals surface area (Å²) in [5.41, 5.74) is 2.97. The highest BCUT2D eigenvalue weighted by Gasteiger charge is 2.23. The molecule has 122 valence electrons. The van der Waals surface area contributed by atoms with Crippen molar-refractivity contribution in [2.75, 3.05) is 5.32 Å². The van der Waals surface area contributed by atoms with Crippen molar-refractivity contribution < 1.29 is 4.79 Å². The SMILES string of the molecule is CC(C)c1cccc(C(C)C)c1NC(=S)NC(=O)C(C)(C)C. The first-order chi connectivity index (χ1) is 10.0. The summed E-state index contributed by atoms with van der Waals surface area (Å²) in [6, 6.07) is 6.28. The number of nitrogens with one attached hydrogen (secondary N) is 2. The van der Waals surface area contributed by atoms with E-state index < -0.39 is 5.41 Å². The Balaban J connectivity index is 3.06. The van der Waals surface area contributed by atoms with Crippen LogP contribution in [0.5, 0.6) is 0 Å². The van der Waals surface area contributed by atoms with Crippen LogP contribution in [0.3, 0.4) is 0 Å². The van der Waals surface area contributed by atoms with Crippen LogP contribution in [0.4, 0.5) is 5.69 Å². The second-order valence-corrected chi connectivity index (χ2v) is 7.69. The van der Waals surface area contributed by atoms with Crippen LogP contribution in [0.1, 0.15) is 71.4 Å². The van der Waals surface area contributed by atoms with Gasteiger partial charge in [0.05, 0.1) is 0 Å². The van der Waals surface area contributed by atoms with Crippen LogP contribution >= 0.6 is 12.2 Å². The highest BCUT2D eigenvalue weighted by molar-refractivity contribution is 7.80. The van der Waals surface area contributed by atoms with Crippen molar-refractivity contribution in [3.8, 4) is 0 Å². The highest BCUT2D eigenvalue weighted by atomic mass is 32.1. The molecule has 1 aromatic rings. The topological polar surface area (TPSA) is 41.1 Å². The van der Waals surface area contributed by atoms with Crippen molar-refractivity contribution in [3.63, 3.8) is 0 Å². The number of hydrogen-bond acceptors (Lipinski definition) is 2. The van der Waals surface area contributed by atoms with Gasteiger partial charge in [-0.15, -0.1) is 0 Å². The Morgan fingerprint density at radius 3 is 1.86 bits per heavy atom. The van der Waals surface area contributed by atoms with Gasteiger partial charge in [0.1, 0.15) is 0 Å². The zero-order chi connectivity index (χ0) is 17.1. The van der Waals surface area contributed by atoms with E-state index in [-0.39, 0.29) is 5.91 Å². The number of thiocarbonyl (C=S) groups is 1. The number of carbonyl (C=O) groups excluding carboxylic acids is 1. The van der Waals surface area contributed by atoms with E-state index in [1.165, 1.54) is 11.1 Å². The fraction of sp³-hybridized carbons (Fsp3) is 0.556. The Labute approximate surface area is 139 Å². The molecule has 0 saturated heterocycles. The number of benzene rings is 1. The lowest BCUT2D eigenvalue weighted by Gasteiger charge is -2.23. The summed E-state index contributed by atoms with van der Waals surface area (Å²) < 4.78 is 0. The smallest absolute Gasteiger partial charge is 0.231 e. The third-order valence-corrected chi connectivity index (χ3v) is 3.72. The molecule has 0 bridgehead atoms. The minimum Gasteiger partial charge on any atom is -0.332 e. The molecule has 0 aliphatic carbocycles. The molecule has 0 heterocycles. The van der Waals surface area contributed by atoms with Gasteiger partial charge in [0.2, 0.25) is 5.91 Å². The van der Waals surface area contributed by atoms with Gasteiger partial charge in [-0.25, -0.2) is 0 Å². The van der Waals surface area contributed by atoms with Crippen LogP contribution < -0.4 is 10.6 Å². The van der Waals surface area contributed by atoms with Crippen molar-refractivity contribution >= 4 is 28.9 Å². The number of para-hydroxylation sites is 1. The van der Waals surface area contributed by atoms with E-state index >= 15 is 0 Å². The van der Waals surface area contributed by atoms with Crippen molar-refractivity contribution in [1.82, 2.24) is 5.32 Å². The molecule has 4 heteroatoms. The predicted octanol–water partition coefficient (Wildman–Crippen LogP) is 4.79. The maximum absolute atomic E-state index is 12.1. The minimum atomic E-state index is -0.468. The minimum absolute atomic E-state index is 0.0851. The fourth-order valence-electron chi connectivity index (χ4n) is 2.13. The second kappa shape index (κ2) is 7.23. The van der Waals surface area contributed by atoms with Gasteiger partial charge >= 0.3 is 0 Å². The Bertz CT molecular complexity index is 530. The molecule has 0 fully saturated rings. The zero-order valence-corrected chi connectivity index (χ0v) is 15.5. The predicted molar refractivity (Wildman–Crippen MR) is 98.4 cm³/mol. The van der Waals surface area contributed by atoms with E-state index in [1.807, 2.05) is 20.8 Å². The quantitative estimate of drug-likeness (QED) is 0.787. The molecule has 0 unspecified atom stereocenters.